The molecule has 6 heteroatoms. The van der Waals surface area contributed by atoms with Crippen LogP contribution in [0.2, 0.25) is 0 Å². The number of hydrogen-bond acceptors (Lipinski definition) is 4. The van der Waals surface area contributed by atoms with Gasteiger partial charge in [-0.25, -0.2) is 9.97 Å². The average molecular weight is 390 g/mol. The van der Waals surface area contributed by atoms with Gasteiger partial charge in [0.25, 0.3) is 5.91 Å². The zero-order valence-electron chi connectivity index (χ0n) is 17.5. The Bertz CT molecular complexity index is 990. The summed E-state index contributed by atoms with van der Waals surface area (Å²) in [5.74, 6) is 1.82. The second-order valence-electron chi connectivity index (χ2n) is 7.69. The maximum Gasteiger partial charge on any atom is 0.253 e. The smallest absolute Gasteiger partial charge is 0.253 e. The van der Waals surface area contributed by atoms with E-state index >= 15 is 0 Å². The average Bonchev–Trinajstić information content (AvgIpc) is 3.05. The fourth-order valence-corrected chi connectivity index (χ4v) is 4.01. The highest BCUT2D eigenvalue weighted by molar-refractivity contribution is 5.94. The third kappa shape index (κ3) is 3.88. The van der Waals surface area contributed by atoms with E-state index in [9.17, 15) is 4.79 Å². The van der Waals surface area contributed by atoms with E-state index in [1.807, 2.05) is 49.1 Å². The normalized spacial score (nSPS) is 14.3. The molecule has 0 saturated carbocycles. The molecule has 0 atom stereocenters. The maximum atomic E-state index is 13.0. The van der Waals surface area contributed by atoms with Gasteiger partial charge in [0, 0.05) is 60.6 Å². The Morgan fingerprint density at radius 2 is 1.45 bits per heavy atom. The second-order valence-corrected chi connectivity index (χ2v) is 7.69. The predicted octanol–water partition coefficient (Wildman–Crippen LogP) is 3.46. The van der Waals surface area contributed by atoms with E-state index in [-0.39, 0.29) is 5.91 Å². The molecule has 3 heterocycles. The van der Waals surface area contributed by atoms with E-state index in [4.69, 9.17) is 0 Å². The highest BCUT2D eigenvalue weighted by Gasteiger charge is 2.23. The van der Waals surface area contributed by atoms with Crippen molar-refractivity contribution >= 4 is 11.7 Å². The molecule has 0 N–H and O–H groups in total. The zero-order chi connectivity index (χ0) is 20.5. The quantitative estimate of drug-likeness (QED) is 0.688. The van der Waals surface area contributed by atoms with Gasteiger partial charge in [0.15, 0.2) is 0 Å². The van der Waals surface area contributed by atoms with Crippen LogP contribution in [0.5, 0.6) is 0 Å². The van der Waals surface area contributed by atoms with Gasteiger partial charge in [0.2, 0.25) is 0 Å². The van der Waals surface area contributed by atoms with Crippen LogP contribution in [0.15, 0.2) is 42.5 Å². The first-order valence-corrected chi connectivity index (χ1v) is 10.0. The summed E-state index contributed by atoms with van der Waals surface area (Å²) in [6.45, 7) is 11.0. The molecule has 4 rings (SSSR count). The molecule has 29 heavy (non-hydrogen) atoms. The molecular formula is C23H27N5O. The molecule has 6 nitrogen and oxygen atoms in total. The number of aryl methyl sites for hydroxylation is 4. The number of rotatable bonds is 3. The SMILES string of the molecule is Cc1cc(N2CCN(C(=O)c3ccc(-n4c(C)ccc4C)cc3)CC2)nc(C)n1. The van der Waals surface area contributed by atoms with Crippen molar-refractivity contribution in [1.82, 2.24) is 19.4 Å². The lowest BCUT2D eigenvalue weighted by molar-refractivity contribution is 0.0746. The molecule has 1 aliphatic rings. The van der Waals surface area contributed by atoms with E-state index in [0.717, 1.165) is 41.7 Å². The number of piperazine rings is 1. The Hall–Kier alpha value is -3.15. The van der Waals surface area contributed by atoms with Gasteiger partial charge in [-0.2, -0.15) is 0 Å². The molecule has 0 aliphatic carbocycles. The van der Waals surface area contributed by atoms with Crippen molar-refractivity contribution in [3.8, 4) is 5.69 Å². The number of carbonyl (C=O) groups is 1. The Morgan fingerprint density at radius 3 is 2.03 bits per heavy atom. The van der Waals surface area contributed by atoms with Crippen LogP contribution in [0, 0.1) is 27.7 Å². The third-order valence-corrected chi connectivity index (χ3v) is 5.49. The van der Waals surface area contributed by atoms with Gasteiger partial charge in [-0.3, -0.25) is 4.79 Å². The minimum Gasteiger partial charge on any atom is -0.353 e. The van der Waals surface area contributed by atoms with Crippen molar-refractivity contribution < 1.29 is 4.79 Å². The first-order valence-electron chi connectivity index (χ1n) is 10.0. The van der Waals surface area contributed by atoms with Gasteiger partial charge in [0.05, 0.1) is 0 Å². The van der Waals surface area contributed by atoms with Crippen LogP contribution >= 0.6 is 0 Å². The summed E-state index contributed by atoms with van der Waals surface area (Å²) < 4.78 is 2.19. The topological polar surface area (TPSA) is 54.3 Å². The van der Waals surface area contributed by atoms with Gasteiger partial charge in [-0.15, -0.1) is 0 Å². The van der Waals surface area contributed by atoms with Gasteiger partial charge < -0.3 is 14.4 Å². The molecular weight excluding hydrogens is 362 g/mol. The molecule has 3 aromatic rings. The van der Waals surface area contributed by atoms with Gasteiger partial charge in [0.1, 0.15) is 11.6 Å². The van der Waals surface area contributed by atoms with Crippen LogP contribution in [0.1, 0.15) is 33.3 Å². The third-order valence-electron chi connectivity index (χ3n) is 5.49. The molecule has 1 aliphatic heterocycles. The summed E-state index contributed by atoms with van der Waals surface area (Å²) in [7, 11) is 0. The first kappa shape index (κ1) is 19.2. The van der Waals surface area contributed by atoms with Crippen molar-refractivity contribution in [1.29, 1.82) is 0 Å². The summed E-state index contributed by atoms with van der Waals surface area (Å²) in [6, 6.07) is 14.1. The lowest BCUT2D eigenvalue weighted by atomic mass is 10.1. The van der Waals surface area contributed by atoms with E-state index in [1.54, 1.807) is 0 Å². The lowest BCUT2D eigenvalue weighted by Gasteiger charge is -2.35. The molecule has 1 aromatic carbocycles. The zero-order valence-corrected chi connectivity index (χ0v) is 17.5. The standard InChI is InChI=1S/C23H27N5O/c1-16-15-22(25-19(4)24-16)26-11-13-27(14-12-26)23(29)20-7-9-21(10-8-20)28-17(2)5-6-18(28)3/h5-10,15H,11-14H2,1-4H3. The molecule has 0 spiro atoms. The molecule has 0 radical (unpaired) electrons. The summed E-state index contributed by atoms with van der Waals surface area (Å²) in [5.41, 5.74) is 5.17. The Kier molecular flexibility index (Phi) is 5.09. The molecule has 1 fully saturated rings. The van der Waals surface area contributed by atoms with Crippen LogP contribution in [0.4, 0.5) is 5.82 Å². The molecule has 1 amide bonds. The fraction of sp³-hybridized carbons (Fsp3) is 0.348. The Labute approximate surface area is 171 Å². The number of nitrogens with zero attached hydrogens (tertiary/aromatic N) is 5. The van der Waals surface area contributed by atoms with E-state index in [2.05, 4.69) is 45.4 Å². The molecule has 0 unspecified atom stereocenters. The summed E-state index contributed by atoms with van der Waals surface area (Å²) in [4.78, 5) is 26.0. The summed E-state index contributed by atoms with van der Waals surface area (Å²) in [5, 5.41) is 0. The van der Waals surface area contributed by atoms with Crippen LogP contribution in [0.3, 0.4) is 0 Å². The van der Waals surface area contributed by atoms with Crippen molar-refractivity contribution in [2.45, 2.75) is 27.7 Å². The Balaban J connectivity index is 1.43. The van der Waals surface area contributed by atoms with Crippen molar-refractivity contribution in [3.63, 3.8) is 0 Å². The number of aromatic nitrogens is 3. The largest absolute Gasteiger partial charge is 0.353 e. The minimum atomic E-state index is 0.0900. The van der Waals surface area contributed by atoms with Crippen LogP contribution in [-0.4, -0.2) is 51.5 Å². The highest BCUT2D eigenvalue weighted by Crippen LogP contribution is 2.19. The fourth-order valence-electron chi connectivity index (χ4n) is 4.01. The minimum absolute atomic E-state index is 0.0900. The van der Waals surface area contributed by atoms with E-state index in [1.165, 1.54) is 11.4 Å². The van der Waals surface area contributed by atoms with E-state index in [0.29, 0.717) is 13.1 Å². The van der Waals surface area contributed by atoms with Crippen molar-refractivity contribution in [3.05, 3.63) is 70.9 Å². The van der Waals surface area contributed by atoms with Gasteiger partial charge >= 0.3 is 0 Å². The van der Waals surface area contributed by atoms with Crippen molar-refractivity contribution in [2.75, 3.05) is 31.1 Å². The van der Waals surface area contributed by atoms with Crippen LogP contribution in [-0.2, 0) is 0 Å². The van der Waals surface area contributed by atoms with Gasteiger partial charge in [-0.1, -0.05) is 0 Å². The highest BCUT2D eigenvalue weighted by atomic mass is 16.2. The van der Waals surface area contributed by atoms with E-state index < -0.39 is 0 Å². The number of amides is 1. The monoisotopic (exact) mass is 389 g/mol. The first-order chi connectivity index (χ1) is 13.9. The Morgan fingerprint density at radius 1 is 0.828 bits per heavy atom. The summed E-state index contributed by atoms with van der Waals surface area (Å²) in [6.07, 6.45) is 0. The van der Waals surface area contributed by atoms with Gasteiger partial charge in [-0.05, 0) is 64.1 Å². The second kappa shape index (κ2) is 7.70. The molecule has 1 saturated heterocycles. The van der Waals surface area contributed by atoms with Crippen molar-refractivity contribution in [2.24, 2.45) is 0 Å². The predicted molar refractivity (Wildman–Crippen MR) is 115 cm³/mol. The summed E-state index contributed by atoms with van der Waals surface area (Å²) >= 11 is 0. The number of benzene rings is 1. The number of hydrogen-bond donors (Lipinski definition) is 0. The lowest BCUT2D eigenvalue weighted by Crippen LogP contribution is -2.49. The maximum absolute atomic E-state index is 13.0. The molecule has 150 valence electrons. The van der Waals surface area contributed by atoms with Crippen LogP contribution in [0.25, 0.3) is 5.69 Å². The molecule has 0 bridgehead atoms. The van der Waals surface area contributed by atoms with Crippen LogP contribution < -0.4 is 4.90 Å². The molecule has 2 aromatic heterocycles. The number of carbonyl (C=O) groups excluding carboxylic acids is 1. The number of anilines is 1.